The first-order chi connectivity index (χ1) is 13.6. The fourth-order valence-electron chi connectivity index (χ4n) is 3.36. The van der Waals surface area contributed by atoms with Crippen LogP contribution in [0.25, 0.3) is 5.82 Å². The summed E-state index contributed by atoms with van der Waals surface area (Å²) in [5.74, 6) is 1.72. The average Bonchev–Trinajstić information content (AvgIpc) is 3.27. The molecule has 3 heterocycles. The topological polar surface area (TPSA) is 66.3 Å². The first kappa shape index (κ1) is 18.0. The van der Waals surface area contributed by atoms with Crippen LogP contribution in [0.3, 0.4) is 0 Å². The minimum atomic E-state index is -0.0518. The predicted molar refractivity (Wildman–Crippen MR) is 110 cm³/mol. The highest BCUT2D eigenvalue weighted by molar-refractivity contribution is 5.90. The summed E-state index contributed by atoms with van der Waals surface area (Å²) < 4.78 is 1.96. The maximum atomic E-state index is 12.7. The Balaban J connectivity index is 1.39. The standard InChI is InChI=1S/C21H24N6O/c1-16-6-5-7-18(17(16)2)24-21(28)27-12-10-26(11-13-27)20-14-19(22-15-23-20)25-8-3-4-9-25/h3-9,14-15H,10-13H2,1-2H3,(H,24,28). The van der Waals surface area contributed by atoms with E-state index in [4.69, 9.17) is 0 Å². The molecule has 0 bridgehead atoms. The number of hydrogen-bond donors (Lipinski definition) is 1. The number of piperazine rings is 1. The maximum Gasteiger partial charge on any atom is 0.321 e. The van der Waals surface area contributed by atoms with Gasteiger partial charge in [-0.3, -0.25) is 0 Å². The number of benzene rings is 1. The Hall–Kier alpha value is -3.35. The van der Waals surface area contributed by atoms with E-state index in [1.807, 2.05) is 72.1 Å². The molecule has 0 spiro atoms. The number of rotatable bonds is 3. The van der Waals surface area contributed by atoms with Gasteiger partial charge in [-0.1, -0.05) is 12.1 Å². The fraction of sp³-hybridized carbons (Fsp3) is 0.286. The second-order valence-corrected chi connectivity index (χ2v) is 6.98. The Morgan fingerprint density at radius 1 is 0.964 bits per heavy atom. The quantitative estimate of drug-likeness (QED) is 0.762. The number of nitrogens with one attached hydrogen (secondary N) is 1. The van der Waals surface area contributed by atoms with E-state index >= 15 is 0 Å². The van der Waals surface area contributed by atoms with Gasteiger partial charge in [-0.05, 0) is 43.2 Å². The molecule has 0 atom stereocenters. The second-order valence-electron chi connectivity index (χ2n) is 6.98. The van der Waals surface area contributed by atoms with E-state index in [1.54, 1.807) is 6.33 Å². The average molecular weight is 376 g/mol. The van der Waals surface area contributed by atoms with Gasteiger partial charge in [-0.25, -0.2) is 14.8 Å². The van der Waals surface area contributed by atoms with E-state index in [0.717, 1.165) is 36.0 Å². The van der Waals surface area contributed by atoms with E-state index in [9.17, 15) is 4.79 Å². The lowest BCUT2D eigenvalue weighted by Gasteiger charge is -2.35. The molecule has 1 N–H and O–H groups in total. The normalized spacial score (nSPS) is 14.2. The van der Waals surface area contributed by atoms with Crippen molar-refractivity contribution in [3.63, 3.8) is 0 Å². The summed E-state index contributed by atoms with van der Waals surface area (Å²) in [5, 5.41) is 3.04. The summed E-state index contributed by atoms with van der Waals surface area (Å²) in [5.41, 5.74) is 3.15. The number of anilines is 2. The number of aromatic nitrogens is 3. The number of carbonyl (C=O) groups excluding carboxylic acids is 1. The van der Waals surface area contributed by atoms with Gasteiger partial charge < -0.3 is 19.7 Å². The molecule has 1 aliphatic heterocycles. The molecule has 1 fully saturated rings. The molecule has 1 aromatic carbocycles. The van der Waals surface area contributed by atoms with Crippen molar-refractivity contribution in [2.45, 2.75) is 13.8 Å². The minimum Gasteiger partial charge on any atom is -0.353 e. The number of hydrogen-bond acceptors (Lipinski definition) is 4. The highest BCUT2D eigenvalue weighted by Crippen LogP contribution is 2.20. The molecule has 0 saturated carbocycles. The molecule has 2 aromatic heterocycles. The van der Waals surface area contributed by atoms with Crippen molar-refractivity contribution in [1.82, 2.24) is 19.4 Å². The summed E-state index contributed by atoms with van der Waals surface area (Å²) >= 11 is 0. The van der Waals surface area contributed by atoms with Crippen molar-refractivity contribution in [1.29, 1.82) is 0 Å². The highest BCUT2D eigenvalue weighted by Gasteiger charge is 2.22. The molecule has 0 unspecified atom stereocenters. The lowest BCUT2D eigenvalue weighted by molar-refractivity contribution is 0.208. The van der Waals surface area contributed by atoms with Gasteiger partial charge in [-0.15, -0.1) is 0 Å². The van der Waals surface area contributed by atoms with Crippen LogP contribution in [0.5, 0.6) is 0 Å². The summed E-state index contributed by atoms with van der Waals surface area (Å²) in [6, 6.07) is 11.8. The van der Waals surface area contributed by atoms with E-state index < -0.39 is 0 Å². The molecular formula is C21H24N6O. The van der Waals surface area contributed by atoms with Crippen molar-refractivity contribution in [2.75, 3.05) is 36.4 Å². The zero-order chi connectivity index (χ0) is 19.5. The molecule has 28 heavy (non-hydrogen) atoms. The van der Waals surface area contributed by atoms with E-state index in [1.165, 1.54) is 5.56 Å². The Morgan fingerprint density at radius 3 is 2.43 bits per heavy atom. The van der Waals surface area contributed by atoms with Crippen LogP contribution in [-0.2, 0) is 0 Å². The number of nitrogens with zero attached hydrogens (tertiary/aromatic N) is 5. The summed E-state index contributed by atoms with van der Waals surface area (Å²) in [4.78, 5) is 25.4. The summed E-state index contributed by atoms with van der Waals surface area (Å²) in [7, 11) is 0. The van der Waals surface area contributed by atoms with Gasteiger partial charge in [0.1, 0.15) is 18.0 Å². The summed E-state index contributed by atoms with van der Waals surface area (Å²) in [6.45, 7) is 6.86. The maximum absolute atomic E-state index is 12.7. The molecule has 0 aliphatic carbocycles. The van der Waals surface area contributed by atoms with Crippen LogP contribution in [0.15, 0.2) is 55.1 Å². The third kappa shape index (κ3) is 3.69. The molecule has 7 heteroatoms. The van der Waals surface area contributed by atoms with E-state index in [-0.39, 0.29) is 6.03 Å². The van der Waals surface area contributed by atoms with Crippen LogP contribution < -0.4 is 10.2 Å². The molecule has 144 valence electrons. The second kappa shape index (κ2) is 7.72. The third-order valence-electron chi connectivity index (χ3n) is 5.24. The van der Waals surface area contributed by atoms with Gasteiger partial charge in [0.15, 0.2) is 0 Å². The largest absolute Gasteiger partial charge is 0.353 e. The Morgan fingerprint density at radius 2 is 1.68 bits per heavy atom. The monoisotopic (exact) mass is 376 g/mol. The Kier molecular flexibility index (Phi) is 4.97. The Labute approximate surface area is 164 Å². The van der Waals surface area contributed by atoms with Crippen molar-refractivity contribution in [2.24, 2.45) is 0 Å². The van der Waals surface area contributed by atoms with Crippen molar-refractivity contribution < 1.29 is 4.79 Å². The van der Waals surface area contributed by atoms with Gasteiger partial charge in [0, 0.05) is 50.3 Å². The molecule has 3 aromatic rings. The Bertz CT molecular complexity index is 961. The van der Waals surface area contributed by atoms with Gasteiger partial charge in [0.2, 0.25) is 0 Å². The lowest BCUT2D eigenvalue weighted by Crippen LogP contribution is -2.50. The van der Waals surface area contributed by atoms with Crippen molar-refractivity contribution in [3.05, 3.63) is 66.2 Å². The minimum absolute atomic E-state index is 0.0518. The molecule has 0 radical (unpaired) electrons. The van der Waals surface area contributed by atoms with Crippen LogP contribution in [0, 0.1) is 13.8 Å². The predicted octanol–water partition coefficient (Wildman–Crippen LogP) is 3.24. The third-order valence-corrected chi connectivity index (χ3v) is 5.24. The van der Waals surface area contributed by atoms with Crippen LogP contribution in [0.2, 0.25) is 0 Å². The molecular weight excluding hydrogens is 352 g/mol. The highest BCUT2D eigenvalue weighted by atomic mass is 16.2. The molecule has 7 nitrogen and oxygen atoms in total. The lowest BCUT2D eigenvalue weighted by atomic mass is 10.1. The van der Waals surface area contributed by atoms with Gasteiger partial charge in [-0.2, -0.15) is 0 Å². The van der Waals surface area contributed by atoms with Gasteiger partial charge in [0.05, 0.1) is 0 Å². The van der Waals surface area contributed by atoms with Crippen LogP contribution >= 0.6 is 0 Å². The molecule has 2 amide bonds. The van der Waals surface area contributed by atoms with E-state index in [2.05, 4.69) is 20.2 Å². The zero-order valence-corrected chi connectivity index (χ0v) is 16.2. The van der Waals surface area contributed by atoms with Crippen LogP contribution in [0.4, 0.5) is 16.3 Å². The zero-order valence-electron chi connectivity index (χ0n) is 16.2. The molecule has 1 saturated heterocycles. The molecule has 4 rings (SSSR count). The fourth-order valence-corrected chi connectivity index (χ4v) is 3.36. The summed E-state index contributed by atoms with van der Waals surface area (Å²) in [6.07, 6.45) is 5.51. The number of aryl methyl sites for hydroxylation is 1. The SMILES string of the molecule is Cc1cccc(NC(=O)N2CCN(c3cc(-n4cccc4)ncn3)CC2)c1C. The van der Waals surface area contributed by atoms with E-state index in [0.29, 0.717) is 13.1 Å². The molecule has 1 aliphatic rings. The van der Waals surface area contributed by atoms with Gasteiger partial charge >= 0.3 is 6.03 Å². The number of urea groups is 1. The van der Waals surface area contributed by atoms with Crippen molar-refractivity contribution >= 4 is 17.5 Å². The van der Waals surface area contributed by atoms with Gasteiger partial charge in [0.25, 0.3) is 0 Å². The van der Waals surface area contributed by atoms with Crippen LogP contribution in [-0.4, -0.2) is 51.6 Å². The van der Waals surface area contributed by atoms with Crippen molar-refractivity contribution in [3.8, 4) is 5.82 Å². The first-order valence-corrected chi connectivity index (χ1v) is 9.44. The smallest absolute Gasteiger partial charge is 0.321 e. The first-order valence-electron chi connectivity index (χ1n) is 9.44. The van der Waals surface area contributed by atoms with Crippen LogP contribution in [0.1, 0.15) is 11.1 Å². The number of carbonyl (C=O) groups is 1. The number of amides is 2.